The smallest absolute Gasteiger partial charge is 0.148 e. The van der Waals surface area contributed by atoms with Crippen LogP contribution in [-0.2, 0) is 26.5 Å². The monoisotopic (exact) mass is 917 g/mol. The van der Waals surface area contributed by atoms with Gasteiger partial charge < -0.3 is 5.11 Å². The summed E-state index contributed by atoms with van der Waals surface area (Å²) in [5, 5.41) is 11.7. The number of aromatic hydroxyl groups is 1. The standard InChI is InChI=1S/C51H46N3O.Pt/c1-32(2)37-21-22-46(43(30-37)36-17-12-9-13-18-36)54-47-20-14-19-42(48(47)53-50(54)44-26-33(3)25-34(4)49(44)55)39-27-40(29-41(28-39)51(5,6)7)45-31-38(23-24-52-45)35-15-10-8-11-16-35;/h8-26,28-32,55H,1-7H3;/q-1;/i8D,10D,11D,15D,16D,32D;. The largest absolute Gasteiger partial charge is 0.507 e. The van der Waals surface area contributed by atoms with Gasteiger partial charge in [-0.3, -0.25) is 9.55 Å². The van der Waals surface area contributed by atoms with Gasteiger partial charge in [-0.25, -0.2) is 4.98 Å². The van der Waals surface area contributed by atoms with Crippen molar-refractivity contribution in [3.63, 3.8) is 0 Å². The number of phenols is 1. The number of hydrogen-bond acceptors (Lipinski definition) is 3. The molecule has 0 saturated heterocycles. The predicted molar refractivity (Wildman–Crippen MR) is 229 cm³/mol. The first-order valence-electron chi connectivity index (χ1n) is 21.5. The van der Waals surface area contributed by atoms with Crippen LogP contribution in [0.25, 0.3) is 72.7 Å². The van der Waals surface area contributed by atoms with E-state index in [2.05, 4.69) is 55.7 Å². The molecule has 282 valence electrons. The van der Waals surface area contributed by atoms with E-state index < -0.39 is 24.0 Å². The van der Waals surface area contributed by atoms with Crippen LogP contribution in [0.2, 0.25) is 0 Å². The molecule has 5 heteroatoms. The Morgan fingerprint density at radius 1 is 0.750 bits per heavy atom. The Morgan fingerprint density at radius 2 is 1.50 bits per heavy atom. The Bertz CT molecular complexity index is 3010. The SMILES string of the molecule is [2H]c1c([2H])c([2H])c(-c2ccnc(-c3[c-]c(-c4cccc5c4nc(-c4cc(C)cc(C)c4O)n5-c4ccc(C([2H])(C)C)cc4-c4ccccc4)cc(C(C)(C)C)c3)c2)c([2H])c1[2H].[Pt]. The van der Waals surface area contributed by atoms with Gasteiger partial charge in [-0.2, -0.15) is 0 Å². The van der Waals surface area contributed by atoms with Crippen molar-refractivity contribution in [3.05, 3.63) is 168 Å². The van der Waals surface area contributed by atoms with Crippen LogP contribution < -0.4 is 0 Å². The van der Waals surface area contributed by atoms with Crippen molar-refractivity contribution in [3.8, 4) is 67.5 Å². The van der Waals surface area contributed by atoms with Crippen LogP contribution in [0, 0.1) is 19.9 Å². The fourth-order valence-electron chi connectivity index (χ4n) is 7.18. The van der Waals surface area contributed by atoms with Crippen molar-refractivity contribution in [2.75, 3.05) is 0 Å². The quantitative estimate of drug-likeness (QED) is 0.162. The van der Waals surface area contributed by atoms with Crippen molar-refractivity contribution in [2.45, 2.75) is 59.8 Å². The molecule has 56 heavy (non-hydrogen) atoms. The van der Waals surface area contributed by atoms with E-state index in [-0.39, 0.29) is 49.9 Å². The molecule has 6 aromatic carbocycles. The molecule has 0 amide bonds. The summed E-state index contributed by atoms with van der Waals surface area (Å²) in [7, 11) is 0. The number of rotatable bonds is 7. The summed E-state index contributed by atoms with van der Waals surface area (Å²) < 4.78 is 53.0. The van der Waals surface area contributed by atoms with Crippen LogP contribution in [0.1, 0.15) is 71.0 Å². The number of fused-ring (bicyclic) bond motifs is 1. The molecule has 0 aliphatic rings. The molecular weight excluding hydrogens is 866 g/mol. The van der Waals surface area contributed by atoms with Gasteiger partial charge in [-0.15, -0.1) is 29.3 Å². The summed E-state index contributed by atoms with van der Waals surface area (Å²) in [6.45, 7) is 14.1. The van der Waals surface area contributed by atoms with Crippen molar-refractivity contribution in [2.24, 2.45) is 0 Å². The van der Waals surface area contributed by atoms with Crippen molar-refractivity contribution >= 4 is 11.0 Å². The Morgan fingerprint density at radius 3 is 2.23 bits per heavy atom. The normalized spacial score (nSPS) is 13.3. The fourth-order valence-corrected chi connectivity index (χ4v) is 7.18. The van der Waals surface area contributed by atoms with E-state index in [9.17, 15) is 5.11 Å². The maximum atomic E-state index is 11.7. The zero-order chi connectivity index (χ0) is 43.7. The van der Waals surface area contributed by atoms with E-state index in [0.29, 0.717) is 33.7 Å². The van der Waals surface area contributed by atoms with Crippen LogP contribution in [-0.4, -0.2) is 19.6 Å². The van der Waals surface area contributed by atoms with E-state index in [4.69, 9.17) is 18.2 Å². The van der Waals surface area contributed by atoms with Gasteiger partial charge in [0, 0.05) is 39.9 Å². The van der Waals surface area contributed by atoms with Gasteiger partial charge >= 0.3 is 0 Å². The third-order valence-electron chi connectivity index (χ3n) is 10.1. The van der Waals surface area contributed by atoms with E-state index in [1.807, 2.05) is 94.4 Å². The minimum absolute atomic E-state index is 0. The van der Waals surface area contributed by atoms with E-state index in [1.165, 1.54) is 0 Å². The van der Waals surface area contributed by atoms with Gasteiger partial charge in [0.05, 0.1) is 29.1 Å². The molecule has 0 radical (unpaired) electrons. The number of aryl methyl sites for hydroxylation is 2. The molecule has 0 atom stereocenters. The number of phenolic OH excluding ortho intramolecular Hbond substituents is 1. The van der Waals surface area contributed by atoms with Crippen LogP contribution >= 0.6 is 0 Å². The summed E-state index contributed by atoms with van der Waals surface area (Å²) in [5.74, 6) is -0.153. The van der Waals surface area contributed by atoms with Gasteiger partial charge in [-0.1, -0.05) is 137 Å². The van der Waals surface area contributed by atoms with Crippen LogP contribution in [0.4, 0.5) is 0 Å². The number of nitrogens with zero attached hydrogens (tertiary/aromatic N) is 3. The summed E-state index contributed by atoms with van der Waals surface area (Å²) in [5.41, 5.74) is 11.4. The molecule has 0 bridgehead atoms. The zero-order valence-corrected chi connectivity index (χ0v) is 34.8. The first kappa shape index (κ1) is 31.6. The summed E-state index contributed by atoms with van der Waals surface area (Å²) in [6, 6.07) is 35.6. The molecule has 8 aromatic rings. The molecule has 1 N–H and O–H groups in total. The predicted octanol–water partition coefficient (Wildman–Crippen LogP) is 13.3. The van der Waals surface area contributed by atoms with E-state index in [1.54, 1.807) is 18.3 Å². The number of aromatic nitrogens is 3. The molecule has 0 aliphatic carbocycles. The molecule has 0 fully saturated rings. The van der Waals surface area contributed by atoms with Crippen LogP contribution in [0.15, 0.2) is 140 Å². The summed E-state index contributed by atoms with van der Waals surface area (Å²) in [6.07, 6.45) is 1.59. The molecular formula is C51H46N3OPt-. The van der Waals surface area contributed by atoms with Crippen LogP contribution in [0.5, 0.6) is 5.75 Å². The zero-order valence-electron chi connectivity index (χ0n) is 38.5. The number of pyridine rings is 1. The average molecular weight is 918 g/mol. The second-order valence-electron chi connectivity index (χ2n) is 15.4. The number of benzene rings is 6. The van der Waals surface area contributed by atoms with Gasteiger partial charge in [0.15, 0.2) is 0 Å². The van der Waals surface area contributed by atoms with Gasteiger partial charge in [0.1, 0.15) is 11.6 Å². The Hall–Kier alpha value is -5.57. The third-order valence-corrected chi connectivity index (χ3v) is 10.1. The number of hydrogen-bond donors (Lipinski definition) is 1. The van der Waals surface area contributed by atoms with Gasteiger partial charge in [-0.05, 0) is 88.9 Å². The maximum Gasteiger partial charge on any atom is 0.148 e. The Labute approximate surface area is 353 Å². The third kappa shape index (κ3) is 7.39. The minimum atomic E-state index is -0.852. The molecule has 4 nitrogen and oxygen atoms in total. The number of imidazole rings is 1. The van der Waals surface area contributed by atoms with Crippen molar-refractivity contribution < 1.29 is 34.4 Å². The number of para-hydroxylation sites is 1. The Kier molecular flexibility index (Phi) is 8.76. The fraction of sp³-hybridized carbons (Fsp3) is 0.176. The van der Waals surface area contributed by atoms with Crippen LogP contribution in [0.3, 0.4) is 0 Å². The van der Waals surface area contributed by atoms with Gasteiger partial charge in [0.2, 0.25) is 0 Å². The molecule has 2 heterocycles. The first-order chi connectivity index (χ1) is 28.8. The van der Waals surface area contributed by atoms with E-state index in [0.717, 1.165) is 55.7 Å². The summed E-state index contributed by atoms with van der Waals surface area (Å²) >= 11 is 0. The first-order valence-corrected chi connectivity index (χ1v) is 18.5. The molecule has 0 spiro atoms. The second-order valence-corrected chi connectivity index (χ2v) is 15.4. The molecule has 0 unspecified atom stereocenters. The molecule has 2 aromatic heterocycles. The topological polar surface area (TPSA) is 50.9 Å². The van der Waals surface area contributed by atoms with Crippen molar-refractivity contribution in [1.29, 1.82) is 0 Å². The van der Waals surface area contributed by atoms with Gasteiger partial charge in [0.25, 0.3) is 0 Å². The average Bonchev–Trinajstić information content (AvgIpc) is 3.62. The second kappa shape index (κ2) is 15.5. The molecule has 0 aliphatic heterocycles. The van der Waals surface area contributed by atoms with Crippen molar-refractivity contribution in [1.82, 2.24) is 14.5 Å². The Balaban J connectivity index is 0.00000578. The summed E-state index contributed by atoms with van der Waals surface area (Å²) in [4.78, 5) is 10.1. The molecule has 8 rings (SSSR count). The minimum Gasteiger partial charge on any atom is -0.507 e. The maximum absolute atomic E-state index is 11.7. The molecule has 0 saturated carbocycles. The van der Waals surface area contributed by atoms with E-state index >= 15 is 0 Å².